The van der Waals surface area contributed by atoms with Crippen molar-refractivity contribution in [3.8, 4) is 0 Å². The Morgan fingerprint density at radius 3 is 2.30 bits per heavy atom. The highest BCUT2D eigenvalue weighted by atomic mass is 32.1. The molecule has 3 aliphatic carbocycles. The van der Waals surface area contributed by atoms with Crippen LogP contribution in [0, 0.1) is 17.3 Å². The highest BCUT2D eigenvalue weighted by molar-refractivity contribution is 7.80. The summed E-state index contributed by atoms with van der Waals surface area (Å²) >= 11 is 5.50. The molecule has 0 heterocycles. The molecule has 0 saturated heterocycles. The van der Waals surface area contributed by atoms with Crippen LogP contribution in [0.4, 0.5) is 0 Å². The molecular formula is C27H42N2S. The molecule has 0 spiro atoms. The van der Waals surface area contributed by atoms with E-state index in [2.05, 4.69) is 57.2 Å². The van der Waals surface area contributed by atoms with Gasteiger partial charge >= 0.3 is 0 Å². The molecule has 4 rings (SSSR count). The lowest BCUT2D eigenvalue weighted by atomic mass is 9.49. The van der Waals surface area contributed by atoms with Crippen molar-refractivity contribution in [1.82, 2.24) is 0 Å². The molecule has 1 aromatic carbocycles. The number of rotatable bonds is 3. The Bertz CT molecular complexity index is 732. The summed E-state index contributed by atoms with van der Waals surface area (Å²) in [5.41, 5.74) is 15.2. The van der Waals surface area contributed by atoms with Gasteiger partial charge in [0.15, 0.2) is 0 Å². The summed E-state index contributed by atoms with van der Waals surface area (Å²) in [7, 11) is 0. The van der Waals surface area contributed by atoms with Gasteiger partial charge in [-0.3, -0.25) is 0 Å². The molecule has 3 aliphatic rings. The quantitative estimate of drug-likeness (QED) is 0.419. The molecule has 1 aromatic rings. The maximum Gasteiger partial charge on any atom is 0.0787 e. The normalized spacial score (nSPS) is 35.4. The Kier molecular flexibility index (Phi) is 7.79. The molecule has 4 atom stereocenters. The fourth-order valence-electron chi connectivity index (χ4n) is 6.53. The maximum absolute atomic E-state index is 6.21. The fourth-order valence-corrected chi connectivity index (χ4v) is 6.69. The smallest absolute Gasteiger partial charge is 0.0787 e. The van der Waals surface area contributed by atoms with Crippen LogP contribution in [-0.4, -0.2) is 11.0 Å². The molecule has 3 saturated carbocycles. The summed E-state index contributed by atoms with van der Waals surface area (Å²) in [6, 6.07) is 11.6. The summed E-state index contributed by atoms with van der Waals surface area (Å²) < 4.78 is 0. The third-order valence-corrected chi connectivity index (χ3v) is 8.36. The minimum absolute atomic E-state index is 0.0267. The summed E-state index contributed by atoms with van der Waals surface area (Å²) in [4.78, 5) is 0.702. The van der Waals surface area contributed by atoms with Gasteiger partial charge in [-0.05, 0) is 67.8 Å². The zero-order valence-electron chi connectivity index (χ0n) is 19.3. The van der Waals surface area contributed by atoms with Crippen molar-refractivity contribution in [3.63, 3.8) is 0 Å². The number of nitrogens with two attached hydrogens (primary N) is 2. The van der Waals surface area contributed by atoms with Gasteiger partial charge in [-0.25, -0.2) is 0 Å². The Labute approximate surface area is 189 Å². The predicted molar refractivity (Wildman–Crippen MR) is 134 cm³/mol. The Morgan fingerprint density at radius 2 is 1.77 bits per heavy atom. The van der Waals surface area contributed by atoms with Crippen LogP contribution in [0.5, 0.6) is 0 Å². The van der Waals surface area contributed by atoms with Gasteiger partial charge in [0.25, 0.3) is 0 Å². The average molecular weight is 427 g/mol. The lowest BCUT2D eigenvalue weighted by molar-refractivity contribution is 0.0947. The van der Waals surface area contributed by atoms with E-state index < -0.39 is 0 Å². The molecule has 0 aromatic heterocycles. The number of thiocarbonyl (C=S) groups is 1. The topological polar surface area (TPSA) is 52.0 Å². The van der Waals surface area contributed by atoms with Crippen LogP contribution >= 0.6 is 12.2 Å². The summed E-state index contributed by atoms with van der Waals surface area (Å²) in [5, 5.41) is 0. The Hall–Kier alpha value is -1.19. The minimum atomic E-state index is -0.0267. The van der Waals surface area contributed by atoms with Crippen molar-refractivity contribution >= 4 is 17.2 Å². The Morgan fingerprint density at radius 1 is 1.10 bits per heavy atom. The first-order chi connectivity index (χ1) is 14.3. The molecule has 0 amide bonds. The van der Waals surface area contributed by atoms with Gasteiger partial charge in [-0.1, -0.05) is 94.2 Å². The molecule has 2 bridgehead atoms. The first-order valence-corrected chi connectivity index (χ1v) is 12.5. The second-order valence-corrected chi connectivity index (χ2v) is 10.9. The third-order valence-electron chi connectivity index (χ3n) is 7.87. The van der Waals surface area contributed by atoms with Crippen molar-refractivity contribution in [3.05, 3.63) is 47.5 Å². The summed E-state index contributed by atoms with van der Waals surface area (Å²) in [6.07, 6.45) is 14.9. The van der Waals surface area contributed by atoms with E-state index in [1.165, 1.54) is 50.5 Å². The minimum Gasteiger partial charge on any atom is -0.393 e. The molecule has 0 aliphatic heterocycles. The van der Waals surface area contributed by atoms with Gasteiger partial charge in [0.1, 0.15) is 0 Å². The van der Waals surface area contributed by atoms with Crippen molar-refractivity contribution in [2.75, 3.05) is 0 Å². The molecular weight excluding hydrogens is 384 g/mol. The molecule has 4 unspecified atom stereocenters. The van der Waals surface area contributed by atoms with E-state index in [-0.39, 0.29) is 10.8 Å². The second-order valence-electron chi connectivity index (χ2n) is 10.5. The first-order valence-electron chi connectivity index (χ1n) is 12.1. The molecule has 4 N–H and O–H groups in total. The van der Waals surface area contributed by atoms with Gasteiger partial charge in [-0.15, -0.1) is 0 Å². The molecule has 3 heteroatoms. The van der Waals surface area contributed by atoms with Crippen LogP contribution in [0.3, 0.4) is 0 Å². The van der Waals surface area contributed by atoms with Crippen LogP contribution in [0.2, 0.25) is 0 Å². The van der Waals surface area contributed by atoms with Gasteiger partial charge in [0.05, 0.1) is 4.99 Å². The molecule has 0 radical (unpaired) electrons. The van der Waals surface area contributed by atoms with Crippen LogP contribution in [-0.2, 0) is 5.41 Å². The SMILES string of the molecule is CC/C=C1\C(C)CC2(c3ccccc3)CC1CC(C)(C(N)=S)C2.NC1CCCCC1. The number of hydrogen-bond donors (Lipinski definition) is 2. The molecule has 3 fully saturated rings. The van der Waals surface area contributed by atoms with E-state index >= 15 is 0 Å². The highest BCUT2D eigenvalue weighted by Gasteiger charge is 2.52. The predicted octanol–water partition coefficient (Wildman–Crippen LogP) is 6.67. The van der Waals surface area contributed by atoms with Crippen molar-refractivity contribution in [2.45, 2.75) is 96.4 Å². The summed E-state index contributed by atoms with van der Waals surface area (Å²) in [6.45, 7) is 6.95. The zero-order chi connectivity index (χ0) is 21.8. The standard InChI is InChI=1S/C21H29NS.C6H13N/c1-4-8-18-15(2)11-21(17-9-6-5-7-10-17)13-16(18)12-20(3,14-21)19(22)23;7-6-4-2-1-3-5-6/h5-10,15-16H,4,11-14H2,1-3H3,(H2,22,23);6H,1-5,7H2/b18-8+;. The largest absolute Gasteiger partial charge is 0.393 e. The fraction of sp³-hybridized carbons (Fsp3) is 0.667. The van der Waals surface area contributed by atoms with Crippen molar-refractivity contribution in [1.29, 1.82) is 0 Å². The number of benzene rings is 1. The molecule has 2 nitrogen and oxygen atoms in total. The highest BCUT2D eigenvalue weighted by Crippen LogP contribution is 2.59. The second kappa shape index (κ2) is 9.96. The molecule has 30 heavy (non-hydrogen) atoms. The van der Waals surface area contributed by atoms with Crippen molar-refractivity contribution < 1.29 is 0 Å². The zero-order valence-corrected chi connectivity index (χ0v) is 20.1. The Balaban J connectivity index is 0.000000310. The van der Waals surface area contributed by atoms with Gasteiger partial charge in [0.2, 0.25) is 0 Å². The number of fused-ring (bicyclic) bond motifs is 2. The van der Waals surface area contributed by atoms with E-state index in [4.69, 9.17) is 23.7 Å². The van der Waals surface area contributed by atoms with E-state index in [1.807, 2.05) is 0 Å². The van der Waals surface area contributed by atoms with Crippen LogP contribution in [0.1, 0.15) is 90.5 Å². The average Bonchev–Trinajstić information content (AvgIpc) is 2.72. The molecule has 166 valence electrons. The number of allylic oxidation sites excluding steroid dienone is 2. The summed E-state index contributed by atoms with van der Waals surface area (Å²) in [5.74, 6) is 1.28. The first kappa shape index (κ1) is 23.5. The monoisotopic (exact) mass is 426 g/mol. The van der Waals surface area contributed by atoms with E-state index in [0.29, 0.717) is 22.9 Å². The van der Waals surface area contributed by atoms with Crippen LogP contribution < -0.4 is 11.5 Å². The third kappa shape index (κ3) is 5.16. The van der Waals surface area contributed by atoms with Crippen LogP contribution in [0.15, 0.2) is 42.0 Å². The van der Waals surface area contributed by atoms with Crippen molar-refractivity contribution in [2.24, 2.45) is 28.7 Å². The number of hydrogen-bond acceptors (Lipinski definition) is 2. The van der Waals surface area contributed by atoms with Gasteiger partial charge < -0.3 is 11.5 Å². The lowest BCUT2D eigenvalue weighted by Gasteiger charge is -2.55. The maximum atomic E-state index is 6.21. The lowest BCUT2D eigenvalue weighted by Crippen LogP contribution is -2.51. The van der Waals surface area contributed by atoms with E-state index in [9.17, 15) is 0 Å². The van der Waals surface area contributed by atoms with Gasteiger partial charge in [-0.2, -0.15) is 0 Å². The van der Waals surface area contributed by atoms with Crippen LogP contribution in [0.25, 0.3) is 0 Å². The van der Waals surface area contributed by atoms with Gasteiger partial charge in [0, 0.05) is 11.5 Å². The van der Waals surface area contributed by atoms with E-state index in [1.54, 1.807) is 5.57 Å². The van der Waals surface area contributed by atoms with E-state index in [0.717, 1.165) is 19.3 Å².